The van der Waals surface area contributed by atoms with Crippen molar-refractivity contribution in [2.45, 2.75) is 12.5 Å². The van der Waals surface area contributed by atoms with Crippen LogP contribution < -0.4 is 9.46 Å². The first-order valence-electron chi connectivity index (χ1n) is 8.89. The third-order valence-corrected chi connectivity index (χ3v) is 6.15. The van der Waals surface area contributed by atoms with E-state index in [2.05, 4.69) is 14.0 Å². The van der Waals surface area contributed by atoms with Crippen LogP contribution in [0.5, 0.6) is 5.75 Å². The molecule has 29 heavy (non-hydrogen) atoms. The molecule has 0 fully saturated rings. The number of hydrogen-bond donors (Lipinski definition) is 2. The first-order valence-corrected chi connectivity index (χ1v) is 10.4. The summed E-state index contributed by atoms with van der Waals surface area (Å²) in [4.78, 5) is 16.0. The number of anilines is 1. The molecule has 0 saturated carbocycles. The van der Waals surface area contributed by atoms with E-state index in [1.807, 2.05) is 30.3 Å². The van der Waals surface area contributed by atoms with Gasteiger partial charge in [-0.15, -0.1) is 0 Å². The number of benzene rings is 2. The molecule has 2 N–H and O–H groups in total. The molecule has 0 saturated heterocycles. The van der Waals surface area contributed by atoms with Crippen molar-refractivity contribution in [1.29, 1.82) is 0 Å². The van der Waals surface area contributed by atoms with E-state index < -0.39 is 5.92 Å². The highest BCUT2D eigenvalue weighted by Crippen LogP contribution is 2.39. The fourth-order valence-corrected chi connectivity index (χ4v) is 4.73. The van der Waals surface area contributed by atoms with Gasteiger partial charge in [-0.05, 0) is 35.9 Å². The van der Waals surface area contributed by atoms with Crippen molar-refractivity contribution in [2.24, 2.45) is 0 Å². The van der Waals surface area contributed by atoms with E-state index in [0.717, 1.165) is 27.8 Å². The molecule has 3 aromatic rings. The number of esters is 1. The largest absolute Gasteiger partial charge is 0.497 e. The minimum Gasteiger partial charge on any atom is -0.497 e. The summed E-state index contributed by atoms with van der Waals surface area (Å²) in [7, 11) is 3.00. The summed E-state index contributed by atoms with van der Waals surface area (Å²) in [5.41, 5.74) is 3.69. The number of ether oxygens (including phenoxy) is 2. The van der Waals surface area contributed by atoms with Crippen molar-refractivity contribution in [3.63, 3.8) is 0 Å². The molecule has 2 heterocycles. The van der Waals surface area contributed by atoms with Gasteiger partial charge in [-0.1, -0.05) is 23.2 Å². The third-order valence-electron chi connectivity index (χ3n) is 4.84. The molecule has 0 amide bonds. The van der Waals surface area contributed by atoms with Crippen LogP contribution in [-0.2, 0) is 16.1 Å². The number of nitrogens with one attached hydrogen (secondary N) is 2. The third kappa shape index (κ3) is 4.14. The molecule has 9 heteroatoms. The number of rotatable bonds is 5. The predicted octanol–water partition coefficient (Wildman–Crippen LogP) is 5.23. The summed E-state index contributed by atoms with van der Waals surface area (Å²) in [6.07, 6.45) is 0. The van der Waals surface area contributed by atoms with Crippen molar-refractivity contribution in [1.82, 2.24) is 9.29 Å². The summed E-state index contributed by atoms with van der Waals surface area (Å²) in [6, 6.07) is 11.1. The Balaban J connectivity index is 1.61. The lowest BCUT2D eigenvalue weighted by molar-refractivity contribution is -0.142. The molecule has 1 aliphatic rings. The van der Waals surface area contributed by atoms with Crippen LogP contribution in [0.4, 0.5) is 5.69 Å². The van der Waals surface area contributed by atoms with Crippen molar-refractivity contribution in [2.75, 3.05) is 25.5 Å². The molecule has 6 nitrogen and oxygen atoms in total. The maximum Gasteiger partial charge on any atom is 0.314 e. The van der Waals surface area contributed by atoms with Crippen LogP contribution in [0.25, 0.3) is 10.9 Å². The number of methoxy groups -OCH3 is 2. The van der Waals surface area contributed by atoms with Gasteiger partial charge >= 0.3 is 5.97 Å². The van der Waals surface area contributed by atoms with Gasteiger partial charge < -0.3 is 19.2 Å². The summed E-state index contributed by atoms with van der Waals surface area (Å²) in [5.74, 6) is -0.0255. The quantitative estimate of drug-likeness (QED) is 0.408. The Labute approximate surface area is 182 Å². The SMILES string of the molecule is COC(=O)C1CN(SNc2cc(Cl)cc(OC)c2)Cc2[nH]c3ccc(Cl)cc3c21. The average Bonchev–Trinajstić information content (AvgIpc) is 3.08. The molecule has 1 unspecified atom stereocenters. The molecule has 2 aromatic carbocycles. The maximum absolute atomic E-state index is 12.5. The first-order chi connectivity index (χ1) is 14.0. The van der Waals surface area contributed by atoms with Crippen molar-refractivity contribution in [3.05, 3.63) is 57.7 Å². The van der Waals surface area contributed by atoms with Gasteiger partial charge in [0.1, 0.15) is 5.75 Å². The normalized spacial score (nSPS) is 16.5. The van der Waals surface area contributed by atoms with Crippen LogP contribution in [0.15, 0.2) is 36.4 Å². The Bertz CT molecular complexity index is 1070. The zero-order valence-corrected chi connectivity index (χ0v) is 18.1. The van der Waals surface area contributed by atoms with Gasteiger partial charge in [-0.3, -0.25) is 4.79 Å². The van der Waals surface area contributed by atoms with Crippen LogP contribution >= 0.6 is 35.3 Å². The number of H-pyrrole nitrogens is 1. The lowest BCUT2D eigenvalue weighted by Crippen LogP contribution is -2.34. The van der Waals surface area contributed by atoms with Crippen LogP contribution in [-0.4, -0.2) is 36.0 Å². The van der Waals surface area contributed by atoms with E-state index in [0.29, 0.717) is 28.9 Å². The van der Waals surface area contributed by atoms with Gasteiger partial charge in [0.25, 0.3) is 0 Å². The summed E-state index contributed by atoms with van der Waals surface area (Å²) < 4.78 is 15.7. The highest BCUT2D eigenvalue weighted by atomic mass is 35.5. The average molecular weight is 452 g/mol. The van der Waals surface area contributed by atoms with Gasteiger partial charge in [0.15, 0.2) is 0 Å². The van der Waals surface area contributed by atoms with E-state index in [1.54, 1.807) is 13.2 Å². The molecule has 0 radical (unpaired) electrons. The smallest absolute Gasteiger partial charge is 0.314 e. The Hall–Kier alpha value is -2.06. The highest BCUT2D eigenvalue weighted by molar-refractivity contribution is 7.98. The van der Waals surface area contributed by atoms with Crippen LogP contribution in [0.1, 0.15) is 17.2 Å². The number of fused-ring (bicyclic) bond motifs is 3. The first kappa shape index (κ1) is 20.2. The summed E-state index contributed by atoms with van der Waals surface area (Å²) in [6.45, 7) is 1.12. The number of nitrogens with zero attached hydrogens (tertiary/aromatic N) is 1. The zero-order chi connectivity index (χ0) is 20.5. The van der Waals surface area contributed by atoms with Gasteiger partial charge in [-0.2, -0.15) is 0 Å². The minimum atomic E-state index is -0.417. The van der Waals surface area contributed by atoms with E-state index in [1.165, 1.54) is 19.2 Å². The molecule has 0 aliphatic carbocycles. The predicted molar refractivity (Wildman–Crippen MR) is 118 cm³/mol. The molecular weight excluding hydrogens is 433 g/mol. The molecule has 0 spiro atoms. The second-order valence-electron chi connectivity index (χ2n) is 6.68. The Morgan fingerprint density at radius 1 is 1.21 bits per heavy atom. The molecular formula is C20H19Cl2N3O3S. The van der Waals surface area contributed by atoms with Crippen molar-refractivity contribution in [3.8, 4) is 5.75 Å². The zero-order valence-electron chi connectivity index (χ0n) is 15.8. The monoisotopic (exact) mass is 451 g/mol. The maximum atomic E-state index is 12.5. The highest BCUT2D eigenvalue weighted by Gasteiger charge is 2.35. The molecule has 1 atom stereocenters. The lowest BCUT2D eigenvalue weighted by atomic mass is 9.93. The van der Waals surface area contributed by atoms with Gasteiger partial charge in [0, 0.05) is 51.4 Å². The molecule has 4 rings (SSSR count). The molecule has 1 aromatic heterocycles. The van der Waals surface area contributed by atoms with E-state index in [-0.39, 0.29) is 5.97 Å². The van der Waals surface area contributed by atoms with Gasteiger partial charge in [0.2, 0.25) is 0 Å². The van der Waals surface area contributed by atoms with Crippen molar-refractivity contribution < 1.29 is 14.3 Å². The number of aromatic amines is 1. The number of carbonyl (C=O) groups is 1. The molecule has 0 bridgehead atoms. The Kier molecular flexibility index (Phi) is 5.83. The topological polar surface area (TPSA) is 66.6 Å². The van der Waals surface area contributed by atoms with E-state index in [9.17, 15) is 4.79 Å². The second kappa shape index (κ2) is 8.36. The molecule has 152 valence electrons. The second-order valence-corrected chi connectivity index (χ2v) is 8.45. The van der Waals surface area contributed by atoms with Crippen LogP contribution in [0.3, 0.4) is 0 Å². The molecule has 1 aliphatic heterocycles. The van der Waals surface area contributed by atoms with Crippen LogP contribution in [0, 0.1) is 0 Å². The summed E-state index contributed by atoms with van der Waals surface area (Å²) >= 11 is 13.7. The van der Waals surface area contributed by atoms with Crippen LogP contribution in [0.2, 0.25) is 10.0 Å². The fourth-order valence-electron chi connectivity index (χ4n) is 3.56. The number of carbonyl (C=O) groups excluding carboxylic acids is 1. The summed E-state index contributed by atoms with van der Waals surface area (Å²) in [5, 5.41) is 2.17. The number of aromatic nitrogens is 1. The minimum absolute atomic E-state index is 0.276. The number of halogens is 2. The fraction of sp³-hybridized carbons (Fsp3) is 0.250. The lowest BCUT2D eigenvalue weighted by Gasteiger charge is -2.30. The van der Waals surface area contributed by atoms with Gasteiger partial charge in [-0.25, -0.2) is 4.31 Å². The van der Waals surface area contributed by atoms with E-state index >= 15 is 0 Å². The Morgan fingerprint density at radius 2 is 2.03 bits per heavy atom. The Morgan fingerprint density at radius 3 is 2.79 bits per heavy atom. The number of hydrogen-bond acceptors (Lipinski definition) is 6. The van der Waals surface area contributed by atoms with Crippen molar-refractivity contribution >= 4 is 57.9 Å². The van der Waals surface area contributed by atoms with Gasteiger partial charge in [0.05, 0.1) is 32.4 Å². The van der Waals surface area contributed by atoms with E-state index in [4.69, 9.17) is 32.7 Å². The standard InChI is InChI=1S/C20H19Cl2N3O3S/c1-27-14-6-12(22)5-13(8-14)24-29-25-9-16(20(26)28-2)19-15-7-11(21)3-4-17(15)23-18(19)10-25/h3-8,16,23-24H,9-10H2,1-2H3.